The zero-order valence-electron chi connectivity index (χ0n) is 8.06. The number of aryl methyl sites for hydroxylation is 1. The predicted molar refractivity (Wildman–Crippen MR) is 53.9 cm³/mol. The molecule has 2 N–H and O–H groups in total. The van der Waals surface area contributed by atoms with Gasteiger partial charge in [-0.15, -0.1) is 0 Å². The minimum Gasteiger partial charge on any atom is -0.384 e. The van der Waals surface area contributed by atoms with Crippen LogP contribution in [-0.2, 0) is 6.42 Å². The molecule has 1 rings (SSSR count). The number of aromatic nitrogens is 1. The minimum atomic E-state index is -0.419. The molecule has 0 fully saturated rings. The first-order valence-corrected chi connectivity index (χ1v) is 4.55. The zero-order chi connectivity index (χ0) is 10.6. The quantitative estimate of drug-likeness (QED) is 0.587. The number of nitrogens with zero attached hydrogens (tertiary/aromatic N) is 2. The van der Waals surface area contributed by atoms with E-state index in [1.165, 1.54) is 12.1 Å². The summed E-state index contributed by atoms with van der Waals surface area (Å²) in [5.74, 6) is 0.335. The van der Waals surface area contributed by atoms with Crippen molar-refractivity contribution in [3.63, 3.8) is 0 Å². The van der Waals surface area contributed by atoms with Crippen LogP contribution in [0.25, 0.3) is 0 Å². The lowest BCUT2D eigenvalue weighted by molar-refractivity contribution is -0.385. The fourth-order valence-corrected chi connectivity index (χ4v) is 1.21. The van der Waals surface area contributed by atoms with Crippen LogP contribution in [0.2, 0.25) is 0 Å². The summed E-state index contributed by atoms with van der Waals surface area (Å²) in [7, 11) is 0. The van der Waals surface area contributed by atoms with Crippen molar-refractivity contribution in [3.05, 3.63) is 27.9 Å². The van der Waals surface area contributed by atoms with Crippen molar-refractivity contribution in [3.8, 4) is 0 Å². The third-order valence-electron chi connectivity index (χ3n) is 1.94. The maximum absolute atomic E-state index is 10.6. The highest BCUT2D eigenvalue weighted by atomic mass is 16.6. The Morgan fingerprint density at radius 1 is 1.57 bits per heavy atom. The molecule has 0 radical (unpaired) electrons. The van der Waals surface area contributed by atoms with Crippen LogP contribution in [0.15, 0.2) is 12.1 Å². The molecule has 0 aliphatic heterocycles. The molecular formula is C9H13N3O2. The Morgan fingerprint density at radius 2 is 2.29 bits per heavy atom. The summed E-state index contributed by atoms with van der Waals surface area (Å²) in [4.78, 5) is 14.2. The Hall–Kier alpha value is -1.65. The Morgan fingerprint density at radius 3 is 2.86 bits per heavy atom. The molecule has 76 valence electrons. The van der Waals surface area contributed by atoms with Gasteiger partial charge in [0.25, 0.3) is 5.69 Å². The normalized spacial score (nSPS) is 10.1. The summed E-state index contributed by atoms with van der Waals surface area (Å²) in [5.41, 5.74) is 6.01. The topological polar surface area (TPSA) is 82.0 Å². The number of anilines is 1. The Bertz CT molecular complexity index is 339. The highest BCUT2D eigenvalue weighted by Gasteiger charge is 2.14. The summed E-state index contributed by atoms with van der Waals surface area (Å²) in [6.45, 7) is 2.03. The van der Waals surface area contributed by atoms with Gasteiger partial charge in [0, 0.05) is 6.07 Å². The van der Waals surface area contributed by atoms with E-state index in [0.29, 0.717) is 17.9 Å². The summed E-state index contributed by atoms with van der Waals surface area (Å²) >= 11 is 0. The monoisotopic (exact) mass is 195 g/mol. The van der Waals surface area contributed by atoms with Gasteiger partial charge in [-0.25, -0.2) is 4.98 Å². The number of hydrogen-bond acceptors (Lipinski definition) is 4. The van der Waals surface area contributed by atoms with Gasteiger partial charge < -0.3 is 5.73 Å². The molecule has 1 aromatic rings. The number of nitrogens with two attached hydrogens (primary N) is 1. The van der Waals surface area contributed by atoms with Gasteiger partial charge in [-0.05, 0) is 18.9 Å². The van der Waals surface area contributed by atoms with Crippen molar-refractivity contribution in [2.75, 3.05) is 5.73 Å². The molecule has 0 aromatic carbocycles. The van der Waals surface area contributed by atoms with E-state index in [2.05, 4.69) is 4.98 Å². The minimum absolute atomic E-state index is 0.0626. The molecule has 0 atom stereocenters. The first kappa shape index (κ1) is 10.4. The third-order valence-corrected chi connectivity index (χ3v) is 1.94. The molecule has 5 heteroatoms. The van der Waals surface area contributed by atoms with Crippen LogP contribution in [0, 0.1) is 10.1 Å². The molecule has 0 amide bonds. The fourth-order valence-electron chi connectivity index (χ4n) is 1.21. The largest absolute Gasteiger partial charge is 0.384 e. The maximum atomic E-state index is 10.6. The molecule has 0 aliphatic carbocycles. The van der Waals surface area contributed by atoms with E-state index < -0.39 is 4.92 Å². The van der Waals surface area contributed by atoms with Crippen molar-refractivity contribution in [2.45, 2.75) is 26.2 Å². The van der Waals surface area contributed by atoms with Gasteiger partial charge in [-0.1, -0.05) is 13.3 Å². The molecule has 5 nitrogen and oxygen atoms in total. The van der Waals surface area contributed by atoms with Gasteiger partial charge in [0.15, 0.2) is 0 Å². The van der Waals surface area contributed by atoms with Crippen molar-refractivity contribution in [1.82, 2.24) is 4.98 Å². The van der Waals surface area contributed by atoms with Crippen LogP contribution in [0.1, 0.15) is 25.5 Å². The molecule has 0 saturated heterocycles. The number of unbranched alkanes of at least 4 members (excludes halogenated alkanes) is 1. The predicted octanol–water partition coefficient (Wildman–Crippen LogP) is 1.91. The van der Waals surface area contributed by atoms with Crippen molar-refractivity contribution < 1.29 is 4.92 Å². The van der Waals surface area contributed by atoms with Gasteiger partial charge in [0.2, 0.25) is 0 Å². The van der Waals surface area contributed by atoms with Crippen LogP contribution in [-0.4, -0.2) is 9.91 Å². The molecule has 0 bridgehead atoms. The van der Waals surface area contributed by atoms with Crippen LogP contribution in [0.3, 0.4) is 0 Å². The van der Waals surface area contributed by atoms with Gasteiger partial charge in [-0.3, -0.25) is 10.1 Å². The van der Waals surface area contributed by atoms with E-state index in [0.717, 1.165) is 12.8 Å². The first-order valence-electron chi connectivity index (χ1n) is 4.55. The molecule has 0 spiro atoms. The average Bonchev–Trinajstić information content (AvgIpc) is 2.14. The average molecular weight is 195 g/mol. The zero-order valence-corrected chi connectivity index (χ0v) is 8.06. The van der Waals surface area contributed by atoms with E-state index in [4.69, 9.17) is 5.73 Å². The third kappa shape index (κ3) is 2.42. The summed E-state index contributed by atoms with van der Waals surface area (Å²) in [5, 5.41) is 10.6. The molecule has 1 aromatic heterocycles. The van der Waals surface area contributed by atoms with Crippen LogP contribution >= 0.6 is 0 Å². The smallest absolute Gasteiger partial charge is 0.290 e. The van der Waals surface area contributed by atoms with Gasteiger partial charge in [0.05, 0.1) is 4.92 Å². The fraction of sp³-hybridized carbons (Fsp3) is 0.444. The Balaban J connectivity index is 2.97. The summed E-state index contributed by atoms with van der Waals surface area (Å²) in [6, 6.07) is 2.86. The maximum Gasteiger partial charge on any atom is 0.290 e. The highest BCUT2D eigenvalue weighted by molar-refractivity contribution is 5.42. The first-order chi connectivity index (χ1) is 6.65. The summed E-state index contributed by atoms with van der Waals surface area (Å²) < 4.78 is 0. The standard InChI is InChI=1S/C9H13N3O2/c1-2-3-4-7-8(12(13)14)5-6-9(10)11-7/h5-6H,2-4H2,1H3,(H2,10,11). The van der Waals surface area contributed by atoms with Crippen molar-refractivity contribution in [1.29, 1.82) is 0 Å². The molecular weight excluding hydrogens is 182 g/mol. The van der Waals surface area contributed by atoms with Gasteiger partial charge >= 0.3 is 0 Å². The number of nitro groups is 1. The van der Waals surface area contributed by atoms with Crippen LogP contribution < -0.4 is 5.73 Å². The van der Waals surface area contributed by atoms with Gasteiger partial charge in [-0.2, -0.15) is 0 Å². The second-order valence-corrected chi connectivity index (χ2v) is 3.06. The highest BCUT2D eigenvalue weighted by Crippen LogP contribution is 2.19. The lowest BCUT2D eigenvalue weighted by atomic mass is 10.1. The van der Waals surface area contributed by atoms with Crippen molar-refractivity contribution >= 4 is 11.5 Å². The summed E-state index contributed by atoms with van der Waals surface area (Å²) in [6.07, 6.45) is 2.47. The second kappa shape index (κ2) is 4.55. The SMILES string of the molecule is CCCCc1nc(N)ccc1[N+](=O)[O-]. The van der Waals surface area contributed by atoms with Crippen LogP contribution in [0.5, 0.6) is 0 Å². The number of pyridine rings is 1. The number of hydrogen-bond donors (Lipinski definition) is 1. The molecule has 0 unspecified atom stereocenters. The Kier molecular flexibility index (Phi) is 3.39. The molecule has 14 heavy (non-hydrogen) atoms. The van der Waals surface area contributed by atoms with E-state index in [9.17, 15) is 10.1 Å². The second-order valence-electron chi connectivity index (χ2n) is 3.06. The number of rotatable bonds is 4. The molecule has 0 saturated carbocycles. The Labute approximate surface area is 82.1 Å². The van der Waals surface area contributed by atoms with E-state index in [1.54, 1.807) is 0 Å². The molecule has 1 heterocycles. The lowest BCUT2D eigenvalue weighted by Gasteiger charge is -2.01. The van der Waals surface area contributed by atoms with E-state index in [1.807, 2.05) is 6.92 Å². The molecule has 0 aliphatic rings. The number of nitrogen functional groups attached to an aromatic ring is 1. The van der Waals surface area contributed by atoms with E-state index >= 15 is 0 Å². The van der Waals surface area contributed by atoms with Crippen molar-refractivity contribution in [2.24, 2.45) is 0 Å². The van der Waals surface area contributed by atoms with Gasteiger partial charge in [0.1, 0.15) is 11.5 Å². The lowest BCUT2D eigenvalue weighted by Crippen LogP contribution is -2.01. The van der Waals surface area contributed by atoms with Crippen LogP contribution in [0.4, 0.5) is 11.5 Å². The van der Waals surface area contributed by atoms with E-state index in [-0.39, 0.29) is 5.69 Å².